The molecule has 9 heteroatoms. The molecular formula is C17H16BrF3N2O3. The molecule has 0 fully saturated rings. The molecule has 0 bridgehead atoms. The van der Waals surface area contributed by atoms with E-state index in [4.69, 9.17) is 9.94 Å². The maximum absolute atomic E-state index is 14.4. The molecule has 26 heavy (non-hydrogen) atoms. The zero-order valence-corrected chi connectivity index (χ0v) is 15.5. The minimum Gasteiger partial charge on any atom is -0.391 e. The van der Waals surface area contributed by atoms with E-state index >= 15 is 0 Å². The van der Waals surface area contributed by atoms with E-state index < -0.39 is 35.2 Å². The van der Waals surface area contributed by atoms with Crippen molar-refractivity contribution >= 4 is 33.2 Å². The molecule has 0 heterocycles. The smallest absolute Gasteiger partial charge is 0.277 e. The van der Waals surface area contributed by atoms with Gasteiger partial charge in [-0.2, -0.15) is 0 Å². The number of carbonyl (C=O) groups excluding carboxylic acids is 1. The van der Waals surface area contributed by atoms with Crippen LogP contribution in [0.1, 0.15) is 22.8 Å². The highest BCUT2D eigenvalue weighted by Crippen LogP contribution is 2.32. The summed E-state index contributed by atoms with van der Waals surface area (Å²) in [6, 6.07) is 5.16. The van der Waals surface area contributed by atoms with Gasteiger partial charge in [-0.25, -0.2) is 18.7 Å². The molecule has 3 N–H and O–H groups in total. The first-order valence-electron chi connectivity index (χ1n) is 7.51. The molecule has 0 spiro atoms. The number of rotatable bonds is 6. The number of carbonyl (C=O) groups is 1. The zero-order chi connectivity index (χ0) is 19.4. The van der Waals surface area contributed by atoms with Crippen LogP contribution in [0.5, 0.6) is 0 Å². The summed E-state index contributed by atoms with van der Waals surface area (Å²) in [5.74, 6) is -4.19. The van der Waals surface area contributed by atoms with Gasteiger partial charge in [0, 0.05) is 0 Å². The Morgan fingerprint density at radius 3 is 2.58 bits per heavy atom. The number of benzene rings is 2. The van der Waals surface area contributed by atoms with Crippen molar-refractivity contribution in [1.82, 2.24) is 5.48 Å². The number of amides is 1. The highest BCUT2D eigenvalue weighted by atomic mass is 79.9. The third kappa shape index (κ3) is 4.75. The number of nitrogens with one attached hydrogen (secondary N) is 2. The monoisotopic (exact) mass is 432 g/mol. The lowest BCUT2D eigenvalue weighted by Crippen LogP contribution is -2.28. The molecule has 1 atom stereocenters. The van der Waals surface area contributed by atoms with Gasteiger partial charge in [0.15, 0.2) is 11.6 Å². The van der Waals surface area contributed by atoms with Crippen LogP contribution in [0.2, 0.25) is 0 Å². The molecule has 0 aliphatic heterocycles. The molecule has 0 saturated carbocycles. The van der Waals surface area contributed by atoms with Crippen LogP contribution in [-0.2, 0) is 4.84 Å². The van der Waals surface area contributed by atoms with Crippen LogP contribution < -0.4 is 10.8 Å². The van der Waals surface area contributed by atoms with Crippen LogP contribution in [-0.4, -0.2) is 23.7 Å². The third-order valence-electron chi connectivity index (χ3n) is 3.28. The van der Waals surface area contributed by atoms with E-state index in [1.165, 1.54) is 19.1 Å². The Labute approximate surface area is 156 Å². The summed E-state index contributed by atoms with van der Waals surface area (Å²) in [4.78, 5) is 17.0. The number of hydrogen-bond donors (Lipinski definition) is 3. The van der Waals surface area contributed by atoms with Gasteiger partial charge in [-0.15, -0.1) is 0 Å². The summed E-state index contributed by atoms with van der Waals surface area (Å²) >= 11 is 2.82. The van der Waals surface area contributed by atoms with Crippen molar-refractivity contribution in [1.29, 1.82) is 0 Å². The van der Waals surface area contributed by atoms with Crippen molar-refractivity contribution in [3.05, 3.63) is 57.3 Å². The van der Waals surface area contributed by atoms with Gasteiger partial charge in [-0.1, -0.05) is 6.07 Å². The Kier molecular flexibility index (Phi) is 6.63. The summed E-state index contributed by atoms with van der Waals surface area (Å²) in [7, 11) is 0. The third-order valence-corrected chi connectivity index (χ3v) is 3.86. The standard InChI is InChI=1S/C17H16BrF3N2O3/c1-8-3-4-13(12(19)5-8)22-16-10(6-11(18)14(20)15(16)21)17(25)23-26-7-9(2)24/h3-6,9,22,24H,7H2,1-2H3,(H,23,25). The Morgan fingerprint density at radius 1 is 1.27 bits per heavy atom. The van der Waals surface area contributed by atoms with Crippen LogP contribution >= 0.6 is 15.9 Å². The number of aryl methyl sites for hydroxylation is 1. The van der Waals surface area contributed by atoms with Gasteiger partial charge >= 0.3 is 0 Å². The minimum atomic E-state index is -1.36. The van der Waals surface area contributed by atoms with Crippen molar-refractivity contribution in [2.24, 2.45) is 0 Å². The van der Waals surface area contributed by atoms with E-state index in [0.717, 1.165) is 6.07 Å². The van der Waals surface area contributed by atoms with Gasteiger partial charge in [0.25, 0.3) is 5.91 Å². The van der Waals surface area contributed by atoms with Gasteiger partial charge in [0.05, 0.1) is 27.5 Å². The summed E-state index contributed by atoms with van der Waals surface area (Å²) < 4.78 is 42.0. The predicted octanol–water partition coefficient (Wildman–Crippen LogP) is 3.96. The van der Waals surface area contributed by atoms with Crippen LogP contribution in [0.4, 0.5) is 24.5 Å². The normalized spacial score (nSPS) is 12.0. The van der Waals surface area contributed by atoms with Crippen molar-refractivity contribution in [2.45, 2.75) is 20.0 Å². The first-order chi connectivity index (χ1) is 12.2. The van der Waals surface area contributed by atoms with E-state index in [9.17, 15) is 18.0 Å². The number of aliphatic hydroxyl groups is 1. The second-order valence-electron chi connectivity index (χ2n) is 5.61. The molecule has 140 valence electrons. The van der Waals surface area contributed by atoms with Gasteiger partial charge in [-0.3, -0.25) is 9.63 Å². The Bertz CT molecular complexity index is 831. The van der Waals surface area contributed by atoms with Crippen LogP contribution in [0.3, 0.4) is 0 Å². The molecule has 2 aromatic rings. The zero-order valence-electron chi connectivity index (χ0n) is 13.9. The van der Waals surface area contributed by atoms with E-state index in [-0.39, 0.29) is 22.3 Å². The van der Waals surface area contributed by atoms with Crippen LogP contribution in [0.25, 0.3) is 0 Å². The fourth-order valence-electron chi connectivity index (χ4n) is 2.04. The summed E-state index contributed by atoms with van der Waals surface area (Å²) in [6.07, 6.45) is -0.841. The molecular weight excluding hydrogens is 417 g/mol. The molecule has 0 aliphatic carbocycles. The van der Waals surface area contributed by atoms with Crippen molar-refractivity contribution in [3.8, 4) is 0 Å². The first-order valence-corrected chi connectivity index (χ1v) is 8.31. The lowest BCUT2D eigenvalue weighted by atomic mass is 10.1. The van der Waals surface area contributed by atoms with Crippen LogP contribution in [0.15, 0.2) is 28.7 Å². The molecule has 0 aromatic heterocycles. The molecule has 5 nitrogen and oxygen atoms in total. The van der Waals surface area contributed by atoms with Crippen LogP contribution in [0, 0.1) is 24.4 Å². The fourth-order valence-corrected chi connectivity index (χ4v) is 2.44. The number of anilines is 2. The summed E-state index contributed by atoms with van der Waals surface area (Å²) in [6.45, 7) is 2.91. The minimum absolute atomic E-state index is 0.129. The molecule has 0 radical (unpaired) electrons. The second kappa shape index (κ2) is 8.52. The maximum Gasteiger partial charge on any atom is 0.277 e. The van der Waals surface area contributed by atoms with Gasteiger partial charge < -0.3 is 10.4 Å². The van der Waals surface area contributed by atoms with E-state index in [1.807, 2.05) is 5.48 Å². The highest BCUT2D eigenvalue weighted by molar-refractivity contribution is 9.10. The number of aliphatic hydroxyl groups excluding tert-OH is 1. The molecule has 0 aliphatic rings. The maximum atomic E-state index is 14.4. The Balaban J connectivity index is 2.39. The van der Waals surface area contributed by atoms with Crippen molar-refractivity contribution < 1.29 is 27.9 Å². The molecule has 2 rings (SSSR count). The molecule has 1 amide bonds. The lowest BCUT2D eigenvalue weighted by molar-refractivity contribution is -0.00684. The topological polar surface area (TPSA) is 70.6 Å². The molecule has 2 aromatic carbocycles. The lowest BCUT2D eigenvalue weighted by Gasteiger charge is -2.15. The van der Waals surface area contributed by atoms with E-state index in [1.54, 1.807) is 13.0 Å². The van der Waals surface area contributed by atoms with E-state index in [0.29, 0.717) is 5.56 Å². The van der Waals surface area contributed by atoms with Gasteiger partial charge in [0.1, 0.15) is 12.4 Å². The van der Waals surface area contributed by atoms with Crippen molar-refractivity contribution in [3.63, 3.8) is 0 Å². The highest BCUT2D eigenvalue weighted by Gasteiger charge is 2.23. The number of hydrogen-bond acceptors (Lipinski definition) is 4. The summed E-state index contributed by atoms with van der Waals surface area (Å²) in [5, 5.41) is 11.5. The Morgan fingerprint density at radius 2 is 1.96 bits per heavy atom. The quantitative estimate of drug-likeness (QED) is 0.477. The first kappa shape index (κ1) is 20.2. The number of halogens is 4. The Hall–Kier alpha value is -2.10. The largest absolute Gasteiger partial charge is 0.391 e. The average Bonchev–Trinajstić information content (AvgIpc) is 2.56. The molecule has 0 saturated heterocycles. The van der Waals surface area contributed by atoms with Gasteiger partial charge in [0.2, 0.25) is 0 Å². The second-order valence-corrected chi connectivity index (χ2v) is 6.46. The van der Waals surface area contributed by atoms with Gasteiger partial charge in [-0.05, 0) is 53.5 Å². The SMILES string of the molecule is Cc1ccc(Nc2c(C(=O)NOCC(C)O)cc(Br)c(F)c2F)c(F)c1. The predicted molar refractivity (Wildman–Crippen MR) is 93.6 cm³/mol. The average molecular weight is 433 g/mol. The summed E-state index contributed by atoms with van der Waals surface area (Å²) in [5.41, 5.74) is 1.65. The molecule has 1 unspecified atom stereocenters. The van der Waals surface area contributed by atoms with E-state index in [2.05, 4.69) is 21.2 Å². The number of hydroxylamine groups is 1. The fraction of sp³-hybridized carbons (Fsp3) is 0.235. The van der Waals surface area contributed by atoms with Crippen molar-refractivity contribution in [2.75, 3.05) is 11.9 Å².